The van der Waals surface area contributed by atoms with Gasteiger partial charge in [0.05, 0.1) is 11.4 Å². The third kappa shape index (κ3) is 1.93. The van der Waals surface area contributed by atoms with Crippen LogP contribution in [-0.4, -0.2) is 22.7 Å². The molecular formula is C15H17N3O. The minimum Gasteiger partial charge on any atom is -0.315 e. The molecule has 0 spiro atoms. The highest BCUT2D eigenvalue weighted by Crippen LogP contribution is 2.31. The van der Waals surface area contributed by atoms with E-state index >= 15 is 0 Å². The molecule has 1 aromatic carbocycles. The first kappa shape index (κ1) is 12.0. The van der Waals surface area contributed by atoms with Crippen LogP contribution >= 0.6 is 0 Å². The van der Waals surface area contributed by atoms with Crippen molar-refractivity contribution >= 4 is 11.6 Å². The summed E-state index contributed by atoms with van der Waals surface area (Å²) in [4.78, 5) is 13.4. The number of nitrogens with zero attached hydrogens (tertiary/aromatic N) is 3. The molecule has 2 heterocycles. The van der Waals surface area contributed by atoms with Gasteiger partial charge in [0, 0.05) is 31.8 Å². The maximum atomic E-state index is 11.7. The Labute approximate surface area is 112 Å². The lowest BCUT2D eigenvalue weighted by molar-refractivity contribution is -0.118. The smallest absolute Gasteiger partial charge is 0.227 e. The highest BCUT2D eigenvalue weighted by molar-refractivity contribution is 5.96. The number of benzene rings is 1. The fraction of sp³-hybridized carbons (Fsp3) is 0.333. The normalized spacial score (nSPS) is 14.7. The molecule has 0 saturated carbocycles. The average Bonchev–Trinajstić information content (AvgIpc) is 2.73. The summed E-state index contributed by atoms with van der Waals surface area (Å²) in [5, 5.41) is 4.38. The van der Waals surface area contributed by atoms with Crippen LogP contribution in [-0.2, 0) is 18.3 Å². The van der Waals surface area contributed by atoms with Crippen LogP contribution < -0.4 is 4.90 Å². The number of carbonyl (C=O) groups is 1. The molecule has 0 aliphatic carbocycles. The Hall–Kier alpha value is -2.10. The van der Waals surface area contributed by atoms with Crippen molar-refractivity contribution in [1.29, 1.82) is 0 Å². The van der Waals surface area contributed by atoms with Gasteiger partial charge in [-0.3, -0.25) is 9.48 Å². The number of carbonyl (C=O) groups excluding carboxylic acids is 1. The second kappa shape index (κ2) is 4.23. The number of amides is 1. The minimum absolute atomic E-state index is 0.191. The Morgan fingerprint density at radius 1 is 1.16 bits per heavy atom. The van der Waals surface area contributed by atoms with Crippen LogP contribution in [0.15, 0.2) is 24.3 Å². The summed E-state index contributed by atoms with van der Waals surface area (Å²) >= 11 is 0. The highest BCUT2D eigenvalue weighted by Gasteiger charge is 2.21. The van der Waals surface area contributed by atoms with Gasteiger partial charge in [-0.25, -0.2) is 0 Å². The van der Waals surface area contributed by atoms with Gasteiger partial charge in [0.2, 0.25) is 5.91 Å². The van der Waals surface area contributed by atoms with Crippen LogP contribution in [0.3, 0.4) is 0 Å². The summed E-state index contributed by atoms with van der Waals surface area (Å²) in [5.41, 5.74) is 5.55. The van der Waals surface area contributed by atoms with E-state index in [2.05, 4.69) is 23.3 Å². The number of anilines is 1. The summed E-state index contributed by atoms with van der Waals surface area (Å²) in [7, 11) is 3.80. The number of aromatic nitrogens is 2. The molecule has 0 fully saturated rings. The Bertz CT molecular complexity index is 657. The van der Waals surface area contributed by atoms with Gasteiger partial charge < -0.3 is 4.90 Å². The summed E-state index contributed by atoms with van der Waals surface area (Å²) in [6.07, 6.45) is 1.42. The van der Waals surface area contributed by atoms with E-state index in [-0.39, 0.29) is 5.91 Å². The van der Waals surface area contributed by atoms with Gasteiger partial charge >= 0.3 is 0 Å². The average molecular weight is 255 g/mol. The molecule has 0 bridgehead atoms. The lowest BCUT2D eigenvalue weighted by Crippen LogP contribution is -2.31. The van der Waals surface area contributed by atoms with Crippen LogP contribution in [0.25, 0.3) is 11.3 Å². The van der Waals surface area contributed by atoms with E-state index in [1.54, 1.807) is 4.90 Å². The molecule has 1 amide bonds. The van der Waals surface area contributed by atoms with Crippen molar-refractivity contribution in [3.63, 3.8) is 0 Å². The monoisotopic (exact) mass is 255 g/mol. The third-order valence-electron chi connectivity index (χ3n) is 3.72. The number of rotatable bonds is 1. The molecule has 1 aliphatic heterocycles. The maximum absolute atomic E-state index is 11.7. The van der Waals surface area contributed by atoms with Crippen molar-refractivity contribution in [2.45, 2.75) is 19.8 Å². The van der Waals surface area contributed by atoms with E-state index in [1.165, 1.54) is 5.56 Å². The first-order valence-corrected chi connectivity index (χ1v) is 6.47. The number of hydrogen-bond donors (Lipinski definition) is 0. The maximum Gasteiger partial charge on any atom is 0.227 e. The molecule has 1 aromatic heterocycles. The third-order valence-corrected chi connectivity index (χ3v) is 3.72. The fourth-order valence-electron chi connectivity index (χ4n) is 2.70. The number of fused-ring (bicyclic) bond motifs is 1. The Kier molecular flexibility index (Phi) is 2.66. The number of aryl methyl sites for hydroxylation is 3. The fourth-order valence-corrected chi connectivity index (χ4v) is 2.70. The molecule has 0 saturated heterocycles. The Morgan fingerprint density at radius 2 is 1.95 bits per heavy atom. The molecule has 4 nitrogen and oxygen atoms in total. The van der Waals surface area contributed by atoms with E-state index in [1.807, 2.05) is 31.8 Å². The van der Waals surface area contributed by atoms with E-state index in [0.29, 0.717) is 6.42 Å². The van der Waals surface area contributed by atoms with Crippen LogP contribution in [0, 0.1) is 6.92 Å². The molecular weight excluding hydrogens is 238 g/mol. The number of hydrogen-bond acceptors (Lipinski definition) is 2. The van der Waals surface area contributed by atoms with Crippen LogP contribution in [0.5, 0.6) is 0 Å². The first-order valence-electron chi connectivity index (χ1n) is 6.47. The molecule has 0 N–H and O–H groups in total. The zero-order chi connectivity index (χ0) is 13.6. The molecule has 3 rings (SSSR count). The quantitative estimate of drug-likeness (QED) is 0.784. The first-order chi connectivity index (χ1) is 9.06. The minimum atomic E-state index is 0.191. The van der Waals surface area contributed by atoms with Gasteiger partial charge in [0.15, 0.2) is 0 Å². The summed E-state index contributed by atoms with van der Waals surface area (Å²) in [6, 6.07) is 8.35. The largest absolute Gasteiger partial charge is 0.315 e. The van der Waals surface area contributed by atoms with Gasteiger partial charge in [0.25, 0.3) is 0 Å². The molecule has 0 unspecified atom stereocenters. The Balaban J connectivity index is 2.07. The van der Waals surface area contributed by atoms with Crippen LogP contribution in [0.4, 0.5) is 5.69 Å². The summed E-state index contributed by atoms with van der Waals surface area (Å²) in [6.45, 7) is 1.99. The van der Waals surface area contributed by atoms with E-state index in [0.717, 1.165) is 29.1 Å². The molecule has 1 aliphatic rings. The predicted molar refractivity (Wildman–Crippen MR) is 75.1 cm³/mol. The van der Waals surface area contributed by atoms with Gasteiger partial charge in [-0.05, 0) is 37.1 Å². The van der Waals surface area contributed by atoms with Crippen molar-refractivity contribution in [2.75, 3.05) is 11.9 Å². The van der Waals surface area contributed by atoms with Crippen molar-refractivity contribution in [1.82, 2.24) is 9.78 Å². The van der Waals surface area contributed by atoms with E-state index in [4.69, 9.17) is 0 Å². The van der Waals surface area contributed by atoms with Gasteiger partial charge in [-0.15, -0.1) is 0 Å². The topological polar surface area (TPSA) is 38.1 Å². The van der Waals surface area contributed by atoms with Crippen molar-refractivity contribution < 1.29 is 4.79 Å². The van der Waals surface area contributed by atoms with E-state index in [9.17, 15) is 4.79 Å². The molecule has 4 heteroatoms. The van der Waals surface area contributed by atoms with Crippen molar-refractivity contribution in [3.8, 4) is 11.3 Å². The van der Waals surface area contributed by atoms with Crippen molar-refractivity contribution in [3.05, 3.63) is 35.5 Å². The molecule has 2 aromatic rings. The summed E-state index contributed by atoms with van der Waals surface area (Å²) < 4.78 is 1.90. The highest BCUT2D eigenvalue weighted by atomic mass is 16.2. The van der Waals surface area contributed by atoms with Gasteiger partial charge in [-0.1, -0.05) is 6.07 Å². The second-order valence-corrected chi connectivity index (χ2v) is 5.09. The Morgan fingerprint density at radius 3 is 2.63 bits per heavy atom. The van der Waals surface area contributed by atoms with Crippen LogP contribution in [0.2, 0.25) is 0 Å². The van der Waals surface area contributed by atoms with Gasteiger partial charge in [0.1, 0.15) is 0 Å². The molecule has 98 valence electrons. The standard InChI is InChI=1S/C15H17N3O/c1-10-8-14(18(3)16-10)12-4-6-13-11(9-12)5-7-15(19)17(13)2/h4,6,8-9H,5,7H2,1-3H3. The van der Waals surface area contributed by atoms with Gasteiger partial charge in [-0.2, -0.15) is 5.10 Å². The van der Waals surface area contributed by atoms with Crippen LogP contribution in [0.1, 0.15) is 17.7 Å². The predicted octanol–water partition coefficient (Wildman–Crippen LogP) is 2.30. The second-order valence-electron chi connectivity index (χ2n) is 5.09. The van der Waals surface area contributed by atoms with Crippen molar-refractivity contribution in [2.24, 2.45) is 7.05 Å². The lowest BCUT2D eigenvalue weighted by Gasteiger charge is -2.26. The molecule has 0 atom stereocenters. The van der Waals surface area contributed by atoms with E-state index < -0.39 is 0 Å². The molecule has 0 radical (unpaired) electrons. The summed E-state index contributed by atoms with van der Waals surface area (Å²) in [5.74, 6) is 0.191. The zero-order valence-corrected chi connectivity index (χ0v) is 11.5. The SMILES string of the molecule is Cc1cc(-c2ccc3c(c2)CCC(=O)N3C)n(C)n1. The lowest BCUT2D eigenvalue weighted by atomic mass is 9.98. The molecule has 19 heavy (non-hydrogen) atoms. The zero-order valence-electron chi connectivity index (χ0n) is 11.5.